The number of aromatic nitrogens is 2. The number of aryl methyl sites for hydroxylation is 1. The zero-order valence-electron chi connectivity index (χ0n) is 31.4. The molecule has 54 heavy (non-hydrogen) atoms. The Balaban J connectivity index is 1.33. The van der Waals surface area contributed by atoms with Crippen molar-refractivity contribution in [1.82, 2.24) is 30.8 Å². The smallest absolute Gasteiger partial charge is 0.330 e. The number of pyridine rings is 1. The fourth-order valence-corrected chi connectivity index (χ4v) is 8.20. The van der Waals surface area contributed by atoms with E-state index in [1.165, 1.54) is 22.3 Å². The van der Waals surface area contributed by atoms with E-state index in [1.807, 2.05) is 38.3 Å². The van der Waals surface area contributed by atoms with Crippen LogP contribution in [0.2, 0.25) is 0 Å². The van der Waals surface area contributed by atoms with Gasteiger partial charge in [0.2, 0.25) is 11.8 Å². The molecule has 5 N–H and O–H groups in total. The van der Waals surface area contributed by atoms with Gasteiger partial charge in [-0.1, -0.05) is 25.5 Å². The highest BCUT2D eigenvalue weighted by Crippen LogP contribution is 2.45. The van der Waals surface area contributed by atoms with Crippen molar-refractivity contribution < 1.29 is 33.8 Å². The summed E-state index contributed by atoms with van der Waals surface area (Å²) in [6.45, 7) is 15.3. The highest BCUT2D eigenvalue weighted by Gasteiger charge is 2.61. The van der Waals surface area contributed by atoms with Crippen LogP contribution in [0.15, 0.2) is 48.4 Å². The number of anilines is 1. The highest BCUT2D eigenvalue weighted by molar-refractivity contribution is 7.14. The quantitative estimate of drug-likeness (QED) is 0.137. The zero-order chi connectivity index (χ0) is 38.9. The van der Waals surface area contributed by atoms with Crippen molar-refractivity contribution in [3.05, 3.63) is 53.9 Å². The van der Waals surface area contributed by atoms with Gasteiger partial charge in [-0.15, -0.1) is 17.9 Å². The van der Waals surface area contributed by atoms with Crippen LogP contribution in [0.1, 0.15) is 64.9 Å². The van der Waals surface area contributed by atoms with Crippen LogP contribution in [-0.2, 0) is 14.4 Å². The molecular formula is C39H49N7O7S. The highest BCUT2D eigenvalue weighted by atomic mass is 32.1. The molecule has 5 atom stereocenters. The molecule has 14 nitrogen and oxygen atoms in total. The molecule has 0 unspecified atom stereocenters. The lowest BCUT2D eigenvalue weighted by Crippen LogP contribution is -2.57. The van der Waals surface area contributed by atoms with Crippen LogP contribution in [0.5, 0.6) is 11.5 Å². The van der Waals surface area contributed by atoms with Gasteiger partial charge in [-0.05, 0) is 64.2 Å². The number of nitrogens with one attached hydrogen (secondary N) is 4. The van der Waals surface area contributed by atoms with Gasteiger partial charge in [-0.25, -0.2) is 19.6 Å². The van der Waals surface area contributed by atoms with Crippen molar-refractivity contribution in [2.24, 2.45) is 5.92 Å². The number of nitrogens with zero attached hydrogens (tertiary/aromatic N) is 3. The molecule has 4 amide bonds. The molecule has 0 radical (unpaired) electrons. The van der Waals surface area contributed by atoms with E-state index in [0.717, 1.165) is 36.4 Å². The van der Waals surface area contributed by atoms with Gasteiger partial charge in [0.1, 0.15) is 40.9 Å². The van der Waals surface area contributed by atoms with Gasteiger partial charge in [0.05, 0.1) is 24.9 Å². The van der Waals surface area contributed by atoms with E-state index in [1.54, 1.807) is 20.1 Å². The van der Waals surface area contributed by atoms with Gasteiger partial charge in [0.15, 0.2) is 5.13 Å². The largest absolute Gasteiger partial charge is 0.496 e. The molecule has 2 aromatic heterocycles. The number of hydrogen-bond donors (Lipinski definition) is 5. The van der Waals surface area contributed by atoms with Crippen LogP contribution >= 0.6 is 11.3 Å². The fraction of sp³-hybridized carbons (Fsp3) is 0.487. The minimum absolute atomic E-state index is 0.0172. The summed E-state index contributed by atoms with van der Waals surface area (Å²) in [7, 11) is 1.59. The number of carboxylic acid groups (broad SMARTS) is 1. The van der Waals surface area contributed by atoms with Crippen molar-refractivity contribution in [3.8, 4) is 22.9 Å². The minimum Gasteiger partial charge on any atom is -0.496 e. The summed E-state index contributed by atoms with van der Waals surface area (Å²) in [5.74, 6) is -1.70. The van der Waals surface area contributed by atoms with Gasteiger partial charge < -0.3 is 40.7 Å². The summed E-state index contributed by atoms with van der Waals surface area (Å²) in [6, 6.07) is 3.00. The molecule has 0 bridgehead atoms. The van der Waals surface area contributed by atoms with Crippen LogP contribution < -0.4 is 30.7 Å². The van der Waals surface area contributed by atoms with Crippen molar-refractivity contribution in [1.29, 1.82) is 0 Å². The molecule has 3 aliphatic rings. The Morgan fingerprint density at radius 2 is 1.85 bits per heavy atom. The zero-order valence-corrected chi connectivity index (χ0v) is 32.2. The maximum Gasteiger partial charge on any atom is 0.330 e. The summed E-state index contributed by atoms with van der Waals surface area (Å²) in [5, 5.41) is 25.2. The molecule has 1 saturated heterocycles. The monoisotopic (exact) mass is 759 g/mol. The third kappa shape index (κ3) is 8.00. The average molecular weight is 760 g/mol. The number of aliphatic carboxylic acids is 1. The third-order valence-corrected chi connectivity index (χ3v) is 11.1. The number of carbonyl (C=O) groups is 4. The Hall–Kier alpha value is -5.18. The summed E-state index contributed by atoms with van der Waals surface area (Å²) < 4.78 is 12.3. The number of fused-ring (bicyclic) bond motifs is 1. The van der Waals surface area contributed by atoms with E-state index >= 15 is 0 Å². The SMILES string of the molecule is C=C[C@@H]1C[C@]1(NC(=O)[C@@H]1C[C@@H](Oc2cc(-c3csc(NC(C)C)n3)nc3cc(OC)c(C)cc23)CN1C(=O)[C@@H](NC(=O)NC1CCCC1)C(=C)C)C(=O)O. The Morgan fingerprint density at radius 3 is 2.48 bits per heavy atom. The first-order valence-electron chi connectivity index (χ1n) is 18.3. The number of methoxy groups -OCH3 is 1. The maximum atomic E-state index is 14.4. The molecule has 15 heteroatoms. The van der Waals surface area contributed by atoms with Crippen LogP contribution in [0, 0.1) is 12.8 Å². The van der Waals surface area contributed by atoms with Crippen LogP contribution in [0.3, 0.4) is 0 Å². The molecule has 1 aromatic carbocycles. The number of likely N-dealkylation sites (tertiary alicyclic amines) is 1. The van der Waals surface area contributed by atoms with Crippen LogP contribution in [0.25, 0.3) is 22.3 Å². The summed E-state index contributed by atoms with van der Waals surface area (Å²) in [5.41, 5.74) is 1.52. The molecule has 2 aliphatic carbocycles. The standard InChI is InChI=1S/C39H49N7O7S/c1-8-23-17-39(23,36(49)50)45-34(47)30-14-25(18-46(30)35(48)33(20(2)3)44-37(51)41-24-11-9-10-12-24)53-32-16-28(29-19-54-38(43-29)40-21(4)5)42-27-15-31(52-7)22(6)13-26(27)32/h8,13,15-16,19,21,23-25,30,33H,1-2,9-12,14,17-18H2,3-7H3,(H,40,43)(H,45,47)(H,49,50)(H2,41,44,51)/t23-,25-,30+,33+,39-/m1/s1. The lowest BCUT2D eigenvalue weighted by atomic mass is 10.1. The molecule has 3 heterocycles. The number of thiazole rings is 1. The van der Waals surface area contributed by atoms with Gasteiger partial charge in [-0.3, -0.25) is 9.59 Å². The summed E-state index contributed by atoms with van der Waals surface area (Å²) >= 11 is 1.46. The number of ether oxygens (including phenoxy) is 2. The Kier molecular flexibility index (Phi) is 11.2. The molecule has 3 fully saturated rings. The Morgan fingerprint density at radius 1 is 1.11 bits per heavy atom. The van der Waals surface area contributed by atoms with Gasteiger partial charge >= 0.3 is 12.0 Å². The number of urea groups is 1. The average Bonchev–Trinajstić information content (AvgIpc) is 3.53. The van der Waals surface area contributed by atoms with E-state index in [9.17, 15) is 24.3 Å². The van der Waals surface area contributed by atoms with Crippen molar-refractivity contribution in [2.45, 2.75) is 102 Å². The fourth-order valence-electron chi connectivity index (χ4n) is 7.35. The Bertz CT molecular complexity index is 1980. The molecule has 1 aliphatic heterocycles. The molecule has 6 rings (SSSR count). The number of carboxylic acids is 1. The molecule has 2 saturated carbocycles. The summed E-state index contributed by atoms with van der Waals surface area (Å²) in [6.07, 6.45) is 4.81. The van der Waals surface area contributed by atoms with Crippen molar-refractivity contribution in [3.63, 3.8) is 0 Å². The van der Waals surface area contributed by atoms with Crippen molar-refractivity contribution in [2.75, 3.05) is 19.0 Å². The van der Waals surface area contributed by atoms with E-state index in [-0.39, 0.29) is 31.5 Å². The van der Waals surface area contributed by atoms with Gasteiger partial charge in [0, 0.05) is 47.3 Å². The molecule has 0 spiro atoms. The normalized spacial score (nSPS) is 22.8. The van der Waals surface area contributed by atoms with E-state index in [4.69, 9.17) is 19.4 Å². The number of hydrogen-bond acceptors (Lipinski definition) is 10. The van der Waals surface area contributed by atoms with Gasteiger partial charge in [0.25, 0.3) is 0 Å². The third-order valence-electron chi connectivity index (χ3n) is 10.3. The van der Waals surface area contributed by atoms with E-state index < -0.39 is 53.5 Å². The lowest BCUT2D eigenvalue weighted by Gasteiger charge is -2.30. The molecule has 3 aromatic rings. The first-order chi connectivity index (χ1) is 25.7. The van der Waals surface area contributed by atoms with Crippen LogP contribution in [-0.4, -0.2) is 93.3 Å². The maximum absolute atomic E-state index is 14.4. The minimum atomic E-state index is -1.51. The first kappa shape index (κ1) is 38.5. The topological polar surface area (TPSA) is 184 Å². The predicted molar refractivity (Wildman–Crippen MR) is 207 cm³/mol. The second-order valence-electron chi connectivity index (χ2n) is 14.9. The Labute approximate surface area is 318 Å². The van der Waals surface area contributed by atoms with Crippen LogP contribution in [0.4, 0.5) is 9.93 Å². The second kappa shape index (κ2) is 15.7. The number of rotatable bonds is 14. The predicted octanol–water partition coefficient (Wildman–Crippen LogP) is 5.18. The first-order valence-corrected chi connectivity index (χ1v) is 19.2. The number of benzene rings is 1. The number of carbonyl (C=O) groups excluding carboxylic acids is 3. The van der Waals surface area contributed by atoms with Gasteiger partial charge in [-0.2, -0.15) is 0 Å². The number of amides is 4. The lowest BCUT2D eigenvalue weighted by molar-refractivity contribution is -0.145. The second-order valence-corrected chi connectivity index (χ2v) is 15.7. The molecular weight excluding hydrogens is 711 g/mol. The molecule has 288 valence electrons. The van der Waals surface area contributed by atoms with E-state index in [0.29, 0.717) is 39.4 Å². The summed E-state index contributed by atoms with van der Waals surface area (Å²) in [4.78, 5) is 64.8. The van der Waals surface area contributed by atoms with Crippen molar-refractivity contribution >= 4 is 51.2 Å². The van der Waals surface area contributed by atoms with E-state index in [2.05, 4.69) is 34.4 Å².